The summed E-state index contributed by atoms with van der Waals surface area (Å²) in [7, 11) is 0. The molecule has 0 saturated carbocycles. The van der Waals surface area contributed by atoms with Crippen LogP contribution in [-0.4, -0.2) is 18.7 Å². The second kappa shape index (κ2) is 4.00. The van der Waals surface area contributed by atoms with E-state index in [1.807, 2.05) is 0 Å². The first-order valence-electron chi connectivity index (χ1n) is 2.31. The Hall–Kier alpha value is 0.100. The minimum atomic E-state index is -4.11. The summed E-state index contributed by atoms with van der Waals surface area (Å²) in [6.07, 6.45) is -5.00. The van der Waals surface area contributed by atoms with Crippen molar-refractivity contribution in [1.82, 2.24) is 0 Å². The number of ether oxygens (including phenoxy) is 1. The summed E-state index contributed by atoms with van der Waals surface area (Å²) in [6, 6.07) is 0. The fourth-order valence-electron chi connectivity index (χ4n) is 0.252. The Morgan fingerprint density at radius 2 is 1.89 bits per heavy atom. The molecule has 0 N–H and O–H groups in total. The summed E-state index contributed by atoms with van der Waals surface area (Å²) in [5.41, 5.74) is 0. The van der Waals surface area contributed by atoms with Gasteiger partial charge in [-0.05, 0) is 0 Å². The predicted octanol–water partition coefficient (Wildman–Crippen LogP) is 1.84. The topological polar surface area (TPSA) is 9.23 Å². The number of rotatable bonds is 3. The normalized spacial score (nSPS) is 12.0. The van der Waals surface area contributed by atoms with E-state index in [0.717, 1.165) is 0 Å². The van der Waals surface area contributed by atoms with Crippen LogP contribution in [0.5, 0.6) is 0 Å². The van der Waals surface area contributed by atoms with Crippen LogP contribution in [0.25, 0.3) is 0 Å². The molecule has 0 aromatic heterocycles. The average molecular weight is 160 g/mol. The zero-order chi connectivity index (χ0) is 7.33. The molecule has 0 rings (SSSR count). The van der Waals surface area contributed by atoms with Gasteiger partial charge in [-0.3, -0.25) is 0 Å². The summed E-state index contributed by atoms with van der Waals surface area (Å²) in [4.78, 5) is 0. The highest BCUT2D eigenvalue weighted by Gasteiger charge is 2.26. The zero-order valence-electron chi connectivity index (χ0n) is 4.61. The highest BCUT2D eigenvalue weighted by molar-refractivity contribution is 7.80. The van der Waals surface area contributed by atoms with Gasteiger partial charge in [0.1, 0.15) is 0 Å². The highest BCUT2D eigenvalue weighted by Crippen LogP contribution is 2.18. The van der Waals surface area contributed by atoms with Gasteiger partial charge < -0.3 is 4.74 Å². The van der Waals surface area contributed by atoms with Crippen molar-refractivity contribution < 1.29 is 17.9 Å². The van der Waals surface area contributed by atoms with Crippen LogP contribution in [0.3, 0.4) is 0 Å². The molecule has 0 atom stereocenters. The van der Waals surface area contributed by atoms with Crippen molar-refractivity contribution >= 4 is 12.6 Å². The van der Waals surface area contributed by atoms with E-state index in [2.05, 4.69) is 17.4 Å². The van der Waals surface area contributed by atoms with Crippen molar-refractivity contribution in [2.45, 2.75) is 12.6 Å². The molecule has 0 bridgehead atoms. The average Bonchev–Trinajstić information content (AvgIpc) is 1.63. The molecule has 0 spiro atoms. The molecule has 0 aromatic rings. The molecule has 0 aliphatic carbocycles. The van der Waals surface area contributed by atoms with Gasteiger partial charge in [0.15, 0.2) is 0 Å². The van der Waals surface area contributed by atoms with E-state index in [1.54, 1.807) is 0 Å². The molecule has 0 aliphatic rings. The Morgan fingerprint density at radius 3 is 2.22 bits per heavy atom. The van der Waals surface area contributed by atoms with Gasteiger partial charge in [-0.1, -0.05) is 0 Å². The van der Waals surface area contributed by atoms with Gasteiger partial charge in [0.05, 0.1) is 19.0 Å². The van der Waals surface area contributed by atoms with Crippen LogP contribution in [0, 0.1) is 0 Å². The van der Waals surface area contributed by atoms with Crippen molar-refractivity contribution in [2.75, 3.05) is 12.5 Å². The predicted molar refractivity (Wildman–Crippen MR) is 30.5 cm³/mol. The Labute approximate surface area is 56.6 Å². The minimum Gasteiger partial charge on any atom is -0.371 e. The molecule has 0 unspecified atom stereocenters. The Morgan fingerprint density at radius 1 is 1.33 bits per heavy atom. The third-order valence-corrected chi connectivity index (χ3v) is 0.804. The van der Waals surface area contributed by atoms with Crippen molar-refractivity contribution in [3.05, 3.63) is 0 Å². The van der Waals surface area contributed by atoms with E-state index < -0.39 is 12.6 Å². The highest BCUT2D eigenvalue weighted by atomic mass is 32.1. The molecule has 0 radical (unpaired) electrons. The van der Waals surface area contributed by atoms with Crippen molar-refractivity contribution in [3.8, 4) is 0 Å². The van der Waals surface area contributed by atoms with Gasteiger partial charge in [-0.25, -0.2) is 0 Å². The molecule has 0 aromatic carbocycles. The third kappa shape index (κ3) is 8.10. The molecule has 1 nitrogen and oxygen atoms in total. The summed E-state index contributed by atoms with van der Waals surface area (Å²) in [6.45, 7) is -0.299. The molecule has 0 heterocycles. The van der Waals surface area contributed by atoms with E-state index in [9.17, 15) is 13.2 Å². The van der Waals surface area contributed by atoms with E-state index in [1.165, 1.54) is 0 Å². The molecule has 9 heavy (non-hydrogen) atoms. The van der Waals surface area contributed by atoms with Gasteiger partial charge in [-0.2, -0.15) is 25.8 Å². The summed E-state index contributed by atoms with van der Waals surface area (Å²) >= 11 is 3.56. The maximum absolute atomic E-state index is 11.3. The van der Waals surface area contributed by atoms with Crippen LogP contribution in [-0.2, 0) is 4.74 Å². The lowest BCUT2D eigenvalue weighted by Gasteiger charge is -2.04. The van der Waals surface area contributed by atoms with Crippen LogP contribution in [0.4, 0.5) is 13.2 Å². The second-order valence-corrected chi connectivity index (χ2v) is 1.66. The third-order valence-electron chi connectivity index (χ3n) is 0.621. The Balaban J connectivity index is 3.07. The van der Waals surface area contributed by atoms with Crippen LogP contribution in [0.1, 0.15) is 6.42 Å². The first-order valence-corrected chi connectivity index (χ1v) is 2.95. The van der Waals surface area contributed by atoms with Crippen molar-refractivity contribution in [1.29, 1.82) is 0 Å². The van der Waals surface area contributed by atoms with Gasteiger partial charge in [0, 0.05) is 0 Å². The van der Waals surface area contributed by atoms with Crippen LogP contribution >= 0.6 is 12.6 Å². The standard InChI is InChI=1S/C4H7F3OS/c5-4(6,7)1-2-8-3-9/h9H,1-3H2. The molecular formula is C4H7F3OS. The molecule has 0 saturated heterocycles. The Kier molecular flexibility index (Phi) is 4.05. The summed E-state index contributed by atoms with van der Waals surface area (Å²) in [5.74, 6) is 0.0378. The number of hydrogen-bond acceptors (Lipinski definition) is 2. The lowest BCUT2D eigenvalue weighted by molar-refractivity contribution is -0.143. The molecule has 5 heteroatoms. The van der Waals surface area contributed by atoms with Crippen molar-refractivity contribution in [3.63, 3.8) is 0 Å². The first kappa shape index (κ1) is 9.10. The van der Waals surface area contributed by atoms with Gasteiger partial charge in [-0.15, -0.1) is 0 Å². The number of hydrogen-bond donors (Lipinski definition) is 1. The van der Waals surface area contributed by atoms with Crippen LogP contribution in [0.15, 0.2) is 0 Å². The zero-order valence-corrected chi connectivity index (χ0v) is 5.51. The minimum absolute atomic E-state index is 0.0378. The second-order valence-electron chi connectivity index (χ2n) is 1.40. The first-order chi connectivity index (χ1) is 4.06. The van der Waals surface area contributed by atoms with Gasteiger partial charge >= 0.3 is 6.18 Å². The quantitative estimate of drug-likeness (QED) is 0.376. The molecule has 0 fully saturated rings. The number of thiol groups is 1. The van der Waals surface area contributed by atoms with Gasteiger partial charge in [0.2, 0.25) is 0 Å². The summed E-state index contributed by atoms with van der Waals surface area (Å²) in [5, 5.41) is 0. The van der Waals surface area contributed by atoms with Crippen molar-refractivity contribution in [2.24, 2.45) is 0 Å². The molecule has 56 valence electrons. The molecule has 0 aliphatic heterocycles. The lowest BCUT2D eigenvalue weighted by Crippen LogP contribution is -2.10. The van der Waals surface area contributed by atoms with Gasteiger partial charge in [0.25, 0.3) is 0 Å². The van der Waals surface area contributed by atoms with E-state index >= 15 is 0 Å². The fraction of sp³-hybridized carbons (Fsp3) is 1.00. The lowest BCUT2D eigenvalue weighted by atomic mass is 10.4. The smallest absolute Gasteiger partial charge is 0.371 e. The Bertz CT molecular complexity index is 72.7. The maximum Gasteiger partial charge on any atom is 0.391 e. The molecular weight excluding hydrogens is 153 g/mol. The number of alkyl halides is 3. The maximum atomic E-state index is 11.3. The largest absolute Gasteiger partial charge is 0.391 e. The summed E-state index contributed by atoms with van der Waals surface area (Å²) < 4.78 is 38.2. The van der Waals surface area contributed by atoms with E-state index in [4.69, 9.17) is 0 Å². The van der Waals surface area contributed by atoms with Crippen LogP contribution < -0.4 is 0 Å². The SMILES string of the molecule is FC(F)(F)CCOCS. The van der Waals surface area contributed by atoms with E-state index in [0.29, 0.717) is 0 Å². The number of halogens is 3. The monoisotopic (exact) mass is 160 g/mol. The van der Waals surface area contributed by atoms with E-state index in [-0.39, 0.29) is 12.5 Å². The van der Waals surface area contributed by atoms with Crippen LogP contribution in [0.2, 0.25) is 0 Å². The fourth-order valence-corrected chi connectivity index (χ4v) is 0.382. The molecule has 0 amide bonds.